The molecule has 1 aromatic rings. The molecule has 102 valence electrons. The summed E-state index contributed by atoms with van der Waals surface area (Å²) in [4.78, 5) is 24.8. The van der Waals surface area contributed by atoms with Gasteiger partial charge in [0.2, 0.25) is 0 Å². The van der Waals surface area contributed by atoms with Crippen molar-refractivity contribution in [2.75, 3.05) is 6.54 Å². The molecular weight excluding hydrogens is 317 g/mol. The first-order chi connectivity index (χ1) is 8.99. The van der Waals surface area contributed by atoms with Gasteiger partial charge in [-0.15, -0.1) is 0 Å². The van der Waals surface area contributed by atoms with Crippen molar-refractivity contribution in [1.29, 1.82) is 0 Å². The standard InChI is InChI=1S/C13H13BrFNO3/c14-9-5-8(6-10(15)7-9)12(17)16-4-2-1-3-11(16)13(18)19/h5-7,11H,1-4H2,(H,18,19). The summed E-state index contributed by atoms with van der Waals surface area (Å²) in [6, 6.07) is 3.06. The van der Waals surface area contributed by atoms with E-state index in [0.717, 1.165) is 18.9 Å². The van der Waals surface area contributed by atoms with Gasteiger partial charge < -0.3 is 10.0 Å². The van der Waals surface area contributed by atoms with Crippen molar-refractivity contribution >= 4 is 27.8 Å². The van der Waals surface area contributed by atoms with E-state index in [2.05, 4.69) is 15.9 Å². The first-order valence-corrected chi connectivity index (χ1v) is 6.78. The van der Waals surface area contributed by atoms with Crippen LogP contribution in [0.3, 0.4) is 0 Å². The number of hydrogen-bond acceptors (Lipinski definition) is 2. The number of halogens is 2. The molecule has 0 spiro atoms. The van der Waals surface area contributed by atoms with Crippen LogP contribution in [0.1, 0.15) is 29.6 Å². The van der Waals surface area contributed by atoms with Crippen LogP contribution in [0.4, 0.5) is 4.39 Å². The molecule has 1 unspecified atom stereocenters. The van der Waals surface area contributed by atoms with E-state index in [9.17, 15) is 14.0 Å². The second-order valence-corrected chi connectivity index (χ2v) is 5.42. The Morgan fingerprint density at radius 3 is 2.68 bits per heavy atom. The van der Waals surface area contributed by atoms with Gasteiger partial charge in [0.25, 0.3) is 5.91 Å². The lowest BCUT2D eigenvalue weighted by Gasteiger charge is -2.33. The highest BCUT2D eigenvalue weighted by Crippen LogP contribution is 2.22. The number of benzene rings is 1. The van der Waals surface area contributed by atoms with Crippen molar-refractivity contribution in [3.05, 3.63) is 34.1 Å². The first kappa shape index (κ1) is 14.0. The summed E-state index contributed by atoms with van der Waals surface area (Å²) in [6.07, 6.45) is 2.00. The maximum Gasteiger partial charge on any atom is 0.326 e. The van der Waals surface area contributed by atoms with Crippen molar-refractivity contribution in [3.8, 4) is 0 Å². The van der Waals surface area contributed by atoms with Crippen molar-refractivity contribution in [2.24, 2.45) is 0 Å². The summed E-state index contributed by atoms with van der Waals surface area (Å²) in [6.45, 7) is 0.393. The van der Waals surface area contributed by atoms with Gasteiger partial charge in [-0.3, -0.25) is 4.79 Å². The van der Waals surface area contributed by atoms with E-state index >= 15 is 0 Å². The lowest BCUT2D eigenvalue weighted by molar-refractivity contribution is -0.143. The number of carboxylic acid groups (broad SMARTS) is 1. The Morgan fingerprint density at radius 2 is 2.05 bits per heavy atom. The number of likely N-dealkylation sites (tertiary alicyclic amines) is 1. The van der Waals surface area contributed by atoms with Crippen LogP contribution in [-0.2, 0) is 4.79 Å². The number of piperidine rings is 1. The molecule has 1 aliphatic heterocycles. The van der Waals surface area contributed by atoms with Crippen molar-refractivity contribution in [1.82, 2.24) is 4.90 Å². The summed E-state index contributed by atoms with van der Waals surface area (Å²) in [5.41, 5.74) is 0.167. The quantitative estimate of drug-likeness (QED) is 0.907. The minimum Gasteiger partial charge on any atom is -0.480 e. The van der Waals surface area contributed by atoms with Crippen LogP contribution >= 0.6 is 15.9 Å². The van der Waals surface area contributed by atoms with Gasteiger partial charge >= 0.3 is 5.97 Å². The van der Waals surface area contributed by atoms with Gasteiger partial charge in [-0.2, -0.15) is 0 Å². The van der Waals surface area contributed by atoms with Crippen LogP contribution in [0.15, 0.2) is 22.7 Å². The van der Waals surface area contributed by atoms with Gasteiger partial charge in [0.15, 0.2) is 0 Å². The fourth-order valence-electron chi connectivity index (χ4n) is 2.27. The summed E-state index contributed by atoms with van der Waals surface area (Å²) >= 11 is 3.12. The number of carbonyl (C=O) groups excluding carboxylic acids is 1. The molecule has 1 fully saturated rings. The fourth-order valence-corrected chi connectivity index (χ4v) is 2.74. The molecule has 2 rings (SSSR count). The normalized spacial score (nSPS) is 19.3. The SMILES string of the molecule is O=C(O)C1CCCCN1C(=O)c1cc(F)cc(Br)c1. The lowest BCUT2D eigenvalue weighted by atomic mass is 10.0. The molecule has 0 aliphatic carbocycles. The third kappa shape index (κ3) is 3.12. The highest BCUT2D eigenvalue weighted by Gasteiger charge is 2.32. The van der Waals surface area contributed by atoms with E-state index in [1.807, 2.05) is 0 Å². The average Bonchev–Trinajstić information content (AvgIpc) is 2.36. The highest BCUT2D eigenvalue weighted by atomic mass is 79.9. The van der Waals surface area contributed by atoms with Crippen molar-refractivity contribution < 1.29 is 19.1 Å². The fraction of sp³-hybridized carbons (Fsp3) is 0.385. The van der Waals surface area contributed by atoms with Crippen molar-refractivity contribution in [2.45, 2.75) is 25.3 Å². The van der Waals surface area contributed by atoms with Gasteiger partial charge in [0.05, 0.1) is 0 Å². The molecule has 1 aromatic carbocycles. The molecule has 1 heterocycles. The number of hydrogen-bond donors (Lipinski definition) is 1. The molecular formula is C13H13BrFNO3. The Morgan fingerprint density at radius 1 is 1.32 bits per heavy atom. The Kier molecular flexibility index (Phi) is 4.19. The van der Waals surface area contributed by atoms with Crippen molar-refractivity contribution in [3.63, 3.8) is 0 Å². The Hall–Kier alpha value is -1.43. The molecule has 0 saturated carbocycles. The summed E-state index contributed by atoms with van der Waals surface area (Å²) < 4.78 is 13.8. The van der Waals surface area contributed by atoms with E-state index in [4.69, 9.17) is 5.11 Å². The van der Waals surface area contributed by atoms with Crippen LogP contribution in [0.2, 0.25) is 0 Å². The molecule has 1 aliphatic rings. The average molecular weight is 330 g/mol. The largest absolute Gasteiger partial charge is 0.480 e. The molecule has 0 aromatic heterocycles. The third-order valence-electron chi connectivity index (χ3n) is 3.16. The van der Waals surface area contributed by atoms with E-state index in [0.29, 0.717) is 17.4 Å². The van der Waals surface area contributed by atoms with E-state index in [1.165, 1.54) is 17.0 Å². The monoisotopic (exact) mass is 329 g/mol. The number of nitrogens with zero attached hydrogens (tertiary/aromatic N) is 1. The molecule has 0 bridgehead atoms. The molecule has 1 amide bonds. The van der Waals surface area contributed by atoms with Crippen LogP contribution in [0.5, 0.6) is 0 Å². The predicted molar refractivity (Wildman–Crippen MR) is 70.4 cm³/mol. The van der Waals surface area contributed by atoms with Crippen LogP contribution in [0.25, 0.3) is 0 Å². The van der Waals surface area contributed by atoms with Crippen LogP contribution < -0.4 is 0 Å². The summed E-state index contributed by atoms with van der Waals surface area (Å²) in [5.74, 6) is -1.97. The molecule has 1 N–H and O–H groups in total. The van der Waals surface area contributed by atoms with E-state index in [1.54, 1.807) is 0 Å². The van der Waals surface area contributed by atoms with Gasteiger partial charge in [-0.25, -0.2) is 9.18 Å². The van der Waals surface area contributed by atoms with Crippen LogP contribution in [0, 0.1) is 5.82 Å². The summed E-state index contributed by atoms with van der Waals surface area (Å²) in [5, 5.41) is 9.14. The smallest absolute Gasteiger partial charge is 0.326 e. The predicted octanol–water partition coefficient (Wildman–Crippen LogP) is 2.67. The molecule has 19 heavy (non-hydrogen) atoms. The lowest BCUT2D eigenvalue weighted by Crippen LogP contribution is -2.48. The summed E-state index contributed by atoms with van der Waals surface area (Å²) in [7, 11) is 0. The minimum atomic E-state index is -1.01. The Balaban J connectivity index is 2.28. The minimum absolute atomic E-state index is 0.167. The molecule has 1 saturated heterocycles. The second-order valence-electron chi connectivity index (χ2n) is 4.51. The maximum absolute atomic E-state index is 13.3. The zero-order chi connectivity index (χ0) is 14.0. The Labute approximate surface area is 118 Å². The second kappa shape index (κ2) is 5.69. The number of amides is 1. The zero-order valence-electron chi connectivity index (χ0n) is 10.1. The molecule has 4 nitrogen and oxygen atoms in total. The highest BCUT2D eigenvalue weighted by molar-refractivity contribution is 9.10. The van der Waals surface area contributed by atoms with E-state index < -0.39 is 23.7 Å². The van der Waals surface area contributed by atoms with Gasteiger partial charge in [-0.1, -0.05) is 15.9 Å². The number of aliphatic carboxylic acids is 1. The number of carbonyl (C=O) groups is 2. The molecule has 0 radical (unpaired) electrons. The number of rotatable bonds is 2. The Bertz CT molecular complexity index is 500. The zero-order valence-corrected chi connectivity index (χ0v) is 11.7. The van der Waals surface area contributed by atoms with Crippen LogP contribution in [-0.4, -0.2) is 34.5 Å². The first-order valence-electron chi connectivity index (χ1n) is 5.99. The topological polar surface area (TPSA) is 57.6 Å². The van der Waals surface area contributed by atoms with Gasteiger partial charge in [0, 0.05) is 16.6 Å². The number of carboxylic acids is 1. The van der Waals surface area contributed by atoms with Gasteiger partial charge in [-0.05, 0) is 37.5 Å². The molecule has 6 heteroatoms. The van der Waals surface area contributed by atoms with Gasteiger partial charge in [0.1, 0.15) is 11.9 Å². The van der Waals surface area contributed by atoms with E-state index in [-0.39, 0.29) is 5.56 Å². The molecule has 1 atom stereocenters. The third-order valence-corrected chi connectivity index (χ3v) is 3.62. The maximum atomic E-state index is 13.3.